The molecular formula is C17H23N3O2. The molecule has 0 unspecified atom stereocenters. The van der Waals surface area contributed by atoms with Gasteiger partial charge in [0.2, 0.25) is 0 Å². The topological polar surface area (TPSA) is 57.0 Å². The molecule has 0 amide bonds. The number of rotatable bonds is 6. The van der Waals surface area contributed by atoms with Gasteiger partial charge in [0, 0.05) is 18.4 Å². The molecule has 0 aliphatic heterocycles. The number of aldehydes is 1. The summed E-state index contributed by atoms with van der Waals surface area (Å²) in [5.74, 6) is 0.869. The van der Waals surface area contributed by atoms with E-state index in [0.29, 0.717) is 18.8 Å². The van der Waals surface area contributed by atoms with Crippen LogP contribution in [0.5, 0.6) is 5.75 Å². The average Bonchev–Trinajstić information content (AvgIpc) is 2.88. The SMILES string of the molecule is Cc1ccc(OCCCn2nnc(C=O)c2C(C)(C)C)cc1. The summed E-state index contributed by atoms with van der Waals surface area (Å²) >= 11 is 0. The normalized spacial score (nSPS) is 11.5. The summed E-state index contributed by atoms with van der Waals surface area (Å²) in [6.45, 7) is 9.49. The smallest absolute Gasteiger partial charge is 0.172 e. The lowest BCUT2D eigenvalue weighted by atomic mass is 9.90. The molecule has 0 saturated heterocycles. The number of aryl methyl sites for hydroxylation is 2. The Morgan fingerprint density at radius 3 is 2.50 bits per heavy atom. The highest BCUT2D eigenvalue weighted by molar-refractivity contribution is 5.73. The fourth-order valence-electron chi connectivity index (χ4n) is 2.37. The van der Waals surface area contributed by atoms with E-state index in [0.717, 1.165) is 24.2 Å². The van der Waals surface area contributed by atoms with Gasteiger partial charge >= 0.3 is 0 Å². The van der Waals surface area contributed by atoms with E-state index in [1.54, 1.807) is 0 Å². The van der Waals surface area contributed by atoms with E-state index in [1.807, 2.05) is 35.9 Å². The molecule has 5 nitrogen and oxygen atoms in total. The number of hydrogen-bond donors (Lipinski definition) is 0. The van der Waals surface area contributed by atoms with Crippen LogP contribution in [-0.4, -0.2) is 27.9 Å². The van der Waals surface area contributed by atoms with Crippen LogP contribution in [0.2, 0.25) is 0 Å². The first-order valence-electron chi connectivity index (χ1n) is 7.50. The second kappa shape index (κ2) is 6.73. The van der Waals surface area contributed by atoms with Crippen molar-refractivity contribution in [2.24, 2.45) is 0 Å². The predicted octanol–water partition coefficient (Wildman–Crippen LogP) is 3.17. The van der Waals surface area contributed by atoms with Crippen molar-refractivity contribution in [3.63, 3.8) is 0 Å². The van der Waals surface area contributed by atoms with Crippen molar-refractivity contribution in [2.45, 2.75) is 46.1 Å². The number of carbonyl (C=O) groups is 1. The maximum absolute atomic E-state index is 11.1. The molecular weight excluding hydrogens is 278 g/mol. The summed E-state index contributed by atoms with van der Waals surface area (Å²) in [6, 6.07) is 7.99. The highest BCUT2D eigenvalue weighted by Crippen LogP contribution is 2.24. The van der Waals surface area contributed by atoms with Gasteiger partial charge in [-0.25, -0.2) is 4.68 Å². The lowest BCUT2D eigenvalue weighted by Gasteiger charge is -2.20. The minimum Gasteiger partial charge on any atom is -0.494 e. The van der Waals surface area contributed by atoms with Gasteiger partial charge in [0.1, 0.15) is 11.4 Å². The summed E-state index contributed by atoms with van der Waals surface area (Å²) in [4.78, 5) is 11.1. The van der Waals surface area contributed by atoms with E-state index in [4.69, 9.17) is 4.74 Å². The summed E-state index contributed by atoms with van der Waals surface area (Å²) in [5, 5.41) is 8.04. The minimum absolute atomic E-state index is 0.169. The van der Waals surface area contributed by atoms with Gasteiger partial charge in [-0.1, -0.05) is 43.7 Å². The Morgan fingerprint density at radius 2 is 1.91 bits per heavy atom. The predicted molar refractivity (Wildman–Crippen MR) is 85.4 cm³/mol. The highest BCUT2D eigenvalue weighted by Gasteiger charge is 2.24. The zero-order valence-corrected chi connectivity index (χ0v) is 13.7. The van der Waals surface area contributed by atoms with Crippen LogP contribution in [0.1, 0.15) is 48.9 Å². The molecule has 22 heavy (non-hydrogen) atoms. The van der Waals surface area contributed by atoms with Crippen LogP contribution >= 0.6 is 0 Å². The molecule has 1 aromatic carbocycles. The fourth-order valence-corrected chi connectivity index (χ4v) is 2.37. The summed E-state index contributed by atoms with van der Waals surface area (Å²) in [5.41, 5.74) is 2.34. The highest BCUT2D eigenvalue weighted by atomic mass is 16.5. The van der Waals surface area contributed by atoms with Crippen LogP contribution < -0.4 is 4.74 Å². The maximum Gasteiger partial charge on any atom is 0.172 e. The van der Waals surface area contributed by atoms with Crippen LogP contribution in [0.25, 0.3) is 0 Å². The monoisotopic (exact) mass is 301 g/mol. The first-order valence-corrected chi connectivity index (χ1v) is 7.50. The first kappa shape index (κ1) is 16.2. The molecule has 0 saturated carbocycles. The third kappa shape index (κ3) is 3.93. The van der Waals surface area contributed by atoms with Gasteiger partial charge in [0.05, 0.1) is 12.3 Å². The van der Waals surface area contributed by atoms with Gasteiger partial charge < -0.3 is 4.74 Å². The van der Waals surface area contributed by atoms with Crippen molar-refractivity contribution in [1.29, 1.82) is 0 Å². The molecule has 5 heteroatoms. The van der Waals surface area contributed by atoms with Gasteiger partial charge in [-0.3, -0.25) is 4.79 Å². The molecule has 0 atom stereocenters. The fraction of sp³-hybridized carbons (Fsp3) is 0.471. The summed E-state index contributed by atoms with van der Waals surface area (Å²) in [7, 11) is 0. The van der Waals surface area contributed by atoms with E-state index in [-0.39, 0.29) is 5.41 Å². The van der Waals surface area contributed by atoms with Crippen molar-refractivity contribution in [2.75, 3.05) is 6.61 Å². The second-order valence-electron chi connectivity index (χ2n) is 6.43. The van der Waals surface area contributed by atoms with E-state index in [1.165, 1.54) is 5.56 Å². The quantitative estimate of drug-likeness (QED) is 0.607. The van der Waals surface area contributed by atoms with E-state index < -0.39 is 0 Å². The Balaban J connectivity index is 1.93. The van der Waals surface area contributed by atoms with Gasteiger partial charge in [-0.2, -0.15) is 0 Å². The van der Waals surface area contributed by atoms with Crippen molar-refractivity contribution < 1.29 is 9.53 Å². The Labute approximate surface area is 131 Å². The first-order chi connectivity index (χ1) is 10.4. The molecule has 0 aliphatic rings. The van der Waals surface area contributed by atoms with Crippen LogP contribution in [0.3, 0.4) is 0 Å². The van der Waals surface area contributed by atoms with Gasteiger partial charge in [0.25, 0.3) is 0 Å². The zero-order chi connectivity index (χ0) is 16.2. The number of hydrogen-bond acceptors (Lipinski definition) is 4. The third-order valence-electron chi connectivity index (χ3n) is 3.39. The molecule has 1 aromatic heterocycles. The number of benzene rings is 1. The maximum atomic E-state index is 11.1. The lowest BCUT2D eigenvalue weighted by molar-refractivity contribution is 0.111. The Bertz CT molecular complexity index is 624. The van der Waals surface area contributed by atoms with Crippen LogP contribution in [0, 0.1) is 6.92 Å². The van der Waals surface area contributed by atoms with Crippen molar-refractivity contribution in [1.82, 2.24) is 15.0 Å². The van der Waals surface area contributed by atoms with Gasteiger partial charge in [-0.15, -0.1) is 5.10 Å². The standard InChI is InChI=1S/C17H23N3O2/c1-13-6-8-14(9-7-13)22-11-5-10-20-16(17(2,3)4)15(12-21)18-19-20/h6-9,12H,5,10-11H2,1-4H3. The van der Waals surface area contributed by atoms with E-state index in [9.17, 15) is 4.79 Å². The summed E-state index contributed by atoms with van der Waals surface area (Å²) in [6.07, 6.45) is 1.57. The molecule has 0 N–H and O–H groups in total. The van der Waals surface area contributed by atoms with Crippen LogP contribution in [-0.2, 0) is 12.0 Å². The second-order valence-corrected chi connectivity index (χ2v) is 6.43. The molecule has 2 aromatic rings. The van der Waals surface area contributed by atoms with Crippen molar-refractivity contribution in [3.8, 4) is 5.75 Å². The molecule has 2 rings (SSSR count). The Morgan fingerprint density at radius 1 is 1.23 bits per heavy atom. The Hall–Kier alpha value is -2.17. The van der Waals surface area contributed by atoms with Crippen molar-refractivity contribution in [3.05, 3.63) is 41.2 Å². The summed E-state index contributed by atoms with van der Waals surface area (Å²) < 4.78 is 7.52. The molecule has 0 spiro atoms. The lowest BCUT2D eigenvalue weighted by Crippen LogP contribution is -2.21. The number of carbonyl (C=O) groups excluding carboxylic acids is 1. The number of ether oxygens (including phenoxy) is 1. The Kier molecular flexibility index (Phi) is 4.96. The van der Waals surface area contributed by atoms with Gasteiger partial charge in [-0.05, 0) is 19.1 Å². The van der Waals surface area contributed by atoms with E-state index in [2.05, 4.69) is 31.1 Å². The molecule has 0 bridgehead atoms. The molecule has 118 valence electrons. The molecule has 0 radical (unpaired) electrons. The average molecular weight is 301 g/mol. The molecule has 0 fully saturated rings. The minimum atomic E-state index is -0.169. The van der Waals surface area contributed by atoms with E-state index >= 15 is 0 Å². The zero-order valence-electron chi connectivity index (χ0n) is 13.7. The largest absolute Gasteiger partial charge is 0.494 e. The third-order valence-corrected chi connectivity index (χ3v) is 3.39. The molecule has 1 heterocycles. The van der Waals surface area contributed by atoms with Crippen LogP contribution in [0.15, 0.2) is 24.3 Å². The molecule has 0 aliphatic carbocycles. The van der Waals surface area contributed by atoms with Crippen molar-refractivity contribution >= 4 is 6.29 Å². The van der Waals surface area contributed by atoms with Gasteiger partial charge in [0.15, 0.2) is 6.29 Å². The number of aromatic nitrogens is 3. The number of nitrogens with zero attached hydrogens (tertiary/aromatic N) is 3. The van der Waals surface area contributed by atoms with Crippen LogP contribution in [0.4, 0.5) is 0 Å².